The second-order valence-electron chi connectivity index (χ2n) is 11.1. The summed E-state index contributed by atoms with van der Waals surface area (Å²) in [7, 11) is 0. The average molecular weight is 405 g/mol. The lowest BCUT2D eigenvalue weighted by molar-refractivity contribution is -0.224. The van der Waals surface area contributed by atoms with Gasteiger partial charge in [-0.15, -0.1) is 0 Å². The molecule has 29 heavy (non-hydrogen) atoms. The van der Waals surface area contributed by atoms with Crippen molar-refractivity contribution in [1.82, 2.24) is 0 Å². The van der Waals surface area contributed by atoms with Crippen LogP contribution in [-0.2, 0) is 19.1 Å². The zero-order chi connectivity index (χ0) is 21.2. The minimum Gasteiger partial charge on any atom is -0.465 e. The molecular weight excluding hydrogens is 368 g/mol. The van der Waals surface area contributed by atoms with Gasteiger partial charge in [-0.25, -0.2) is 0 Å². The Balaban J connectivity index is 1.72. The molecule has 0 heterocycles. The zero-order valence-electron chi connectivity index (χ0n) is 18.5. The van der Waals surface area contributed by atoms with E-state index in [1.807, 2.05) is 0 Å². The molecule has 4 aliphatic carbocycles. The van der Waals surface area contributed by atoms with Gasteiger partial charge < -0.3 is 14.6 Å². The van der Waals surface area contributed by atoms with Crippen LogP contribution in [0.15, 0.2) is 12.2 Å². The van der Waals surface area contributed by atoms with Crippen molar-refractivity contribution >= 4 is 11.9 Å². The van der Waals surface area contributed by atoms with Crippen LogP contribution in [0.25, 0.3) is 0 Å². The van der Waals surface area contributed by atoms with E-state index >= 15 is 0 Å². The molecule has 1 spiro atoms. The van der Waals surface area contributed by atoms with Gasteiger partial charge in [0, 0.05) is 24.7 Å². The average Bonchev–Trinajstić information content (AvgIpc) is 2.94. The first-order valence-electron chi connectivity index (χ1n) is 11.1. The number of rotatable bonds is 3. The van der Waals surface area contributed by atoms with Crippen LogP contribution in [-0.4, -0.2) is 35.9 Å². The Labute approximate surface area is 174 Å². The quantitative estimate of drug-likeness (QED) is 0.568. The fourth-order valence-electron chi connectivity index (χ4n) is 7.90. The summed E-state index contributed by atoms with van der Waals surface area (Å²) < 4.78 is 11.3. The lowest BCUT2D eigenvalue weighted by Crippen LogP contribution is -2.64. The van der Waals surface area contributed by atoms with Crippen LogP contribution < -0.4 is 0 Å². The van der Waals surface area contributed by atoms with Crippen molar-refractivity contribution in [2.45, 2.75) is 85.4 Å². The normalized spacial score (nSPS) is 47.1. The SMILES string of the molecule is CC(=O)OCC12C=CC3(CCC4C(C)(C)CCC(OC(C)=O)C4(C)C3CC1O)C2. The Hall–Kier alpha value is -1.36. The second-order valence-corrected chi connectivity index (χ2v) is 11.1. The smallest absolute Gasteiger partial charge is 0.302 e. The van der Waals surface area contributed by atoms with Gasteiger partial charge in [0.05, 0.1) is 6.10 Å². The van der Waals surface area contributed by atoms with Gasteiger partial charge in [0.2, 0.25) is 0 Å². The summed E-state index contributed by atoms with van der Waals surface area (Å²) in [6, 6.07) is 0. The number of carbonyl (C=O) groups is 2. The predicted molar refractivity (Wildman–Crippen MR) is 109 cm³/mol. The van der Waals surface area contributed by atoms with Gasteiger partial charge in [-0.3, -0.25) is 9.59 Å². The molecule has 0 aliphatic heterocycles. The van der Waals surface area contributed by atoms with Gasteiger partial charge in [-0.05, 0) is 61.2 Å². The van der Waals surface area contributed by atoms with E-state index in [1.165, 1.54) is 13.8 Å². The van der Waals surface area contributed by atoms with Crippen molar-refractivity contribution in [3.05, 3.63) is 12.2 Å². The number of fused-ring (bicyclic) bond motifs is 3. The van der Waals surface area contributed by atoms with E-state index in [0.29, 0.717) is 12.3 Å². The maximum Gasteiger partial charge on any atom is 0.302 e. The first-order chi connectivity index (χ1) is 13.5. The molecule has 5 heteroatoms. The largest absolute Gasteiger partial charge is 0.465 e. The highest BCUT2D eigenvalue weighted by molar-refractivity contribution is 5.66. The van der Waals surface area contributed by atoms with Crippen molar-refractivity contribution in [3.63, 3.8) is 0 Å². The number of ether oxygens (including phenoxy) is 2. The van der Waals surface area contributed by atoms with Crippen LogP contribution in [0, 0.1) is 33.5 Å². The number of hydrogen-bond donors (Lipinski definition) is 1. The van der Waals surface area contributed by atoms with Gasteiger partial charge in [-0.1, -0.05) is 32.9 Å². The molecule has 0 aromatic heterocycles. The lowest BCUT2D eigenvalue weighted by Gasteiger charge is -2.66. The van der Waals surface area contributed by atoms with Gasteiger partial charge in [0.15, 0.2) is 0 Å². The van der Waals surface area contributed by atoms with Crippen LogP contribution in [0.1, 0.15) is 73.1 Å². The van der Waals surface area contributed by atoms with Crippen LogP contribution in [0.2, 0.25) is 0 Å². The number of allylic oxidation sites excluding steroid dienone is 1. The minimum atomic E-state index is -0.558. The highest BCUT2D eigenvalue weighted by Gasteiger charge is 2.68. The first kappa shape index (κ1) is 20.9. The molecule has 3 saturated carbocycles. The molecule has 7 atom stereocenters. The Morgan fingerprint density at radius 2 is 1.76 bits per heavy atom. The summed E-state index contributed by atoms with van der Waals surface area (Å²) in [6.45, 7) is 10.2. The summed E-state index contributed by atoms with van der Waals surface area (Å²) in [4.78, 5) is 23.4. The molecule has 0 saturated heterocycles. The van der Waals surface area contributed by atoms with Crippen LogP contribution in [0.3, 0.4) is 0 Å². The summed E-state index contributed by atoms with van der Waals surface area (Å²) in [5.74, 6) is 0.183. The topological polar surface area (TPSA) is 72.8 Å². The monoisotopic (exact) mass is 404 g/mol. The summed E-state index contributed by atoms with van der Waals surface area (Å²) in [5.41, 5.74) is -0.482. The fraction of sp³-hybridized carbons (Fsp3) is 0.833. The molecule has 5 nitrogen and oxygen atoms in total. The van der Waals surface area contributed by atoms with Crippen molar-refractivity contribution in [2.24, 2.45) is 33.5 Å². The molecule has 1 N–H and O–H groups in total. The maximum atomic E-state index is 11.9. The third-order valence-corrected chi connectivity index (χ3v) is 9.16. The highest BCUT2D eigenvalue weighted by Crippen LogP contribution is 2.72. The molecule has 0 aromatic rings. The molecular formula is C24H36O5. The van der Waals surface area contributed by atoms with Gasteiger partial charge in [0.25, 0.3) is 0 Å². The highest BCUT2D eigenvalue weighted by atomic mass is 16.5. The van der Waals surface area contributed by atoms with Crippen LogP contribution >= 0.6 is 0 Å². The molecule has 0 aromatic carbocycles. The third-order valence-electron chi connectivity index (χ3n) is 9.16. The standard InChI is InChI=1S/C24H36O5/c1-15(25)28-14-24-11-10-23(13-24)9-6-17-21(3,4)8-7-20(29-16(2)26)22(17,5)18(23)12-19(24)27/h10-11,17-20,27H,6-9,12-14H2,1-5H3. The molecule has 3 fully saturated rings. The van der Waals surface area contributed by atoms with E-state index in [0.717, 1.165) is 32.1 Å². The number of esters is 2. The minimum absolute atomic E-state index is 0.0174. The fourth-order valence-corrected chi connectivity index (χ4v) is 7.90. The second kappa shape index (κ2) is 6.57. The molecule has 4 aliphatic rings. The van der Waals surface area contributed by atoms with E-state index in [4.69, 9.17) is 9.47 Å². The molecule has 7 unspecified atom stereocenters. The Bertz CT molecular complexity index is 742. The van der Waals surface area contributed by atoms with Crippen molar-refractivity contribution in [3.8, 4) is 0 Å². The molecule has 0 amide bonds. The first-order valence-corrected chi connectivity index (χ1v) is 11.1. The number of carbonyl (C=O) groups excluding carboxylic acids is 2. The maximum absolute atomic E-state index is 11.9. The summed E-state index contributed by atoms with van der Waals surface area (Å²) in [6.07, 6.45) is 9.36. The van der Waals surface area contributed by atoms with E-state index in [9.17, 15) is 14.7 Å². The summed E-state index contributed by atoms with van der Waals surface area (Å²) >= 11 is 0. The predicted octanol–water partition coefficient (Wildman–Crippen LogP) is 4.03. The van der Waals surface area contributed by atoms with Gasteiger partial charge in [-0.2, -0.15) is 0 Å². The lowest BCUT2D eigenvalue weighted by atomic mass is 9.39. The van der Waals surface area contributed by atoms with Crippen LogP contribution in [0.4, 0.5) is 0 Å². The molecule has 2 bridgehead atoms. The summed E-state index contributed by atoms with van der Waals surface area (Å²) in [5, 5.41) is 11.2. The number of hydrogen-bond acceptors (Lipinski definition) is 5. The zero-order valence-corrected chi connectivity index (χ0v) is 18.5. The van der Waals surface area contributed by atoms with E-state index in [-0.39, 0.29) is 46.8 Å². The van der Waals surface area contributed by atoms with E-state index in [1.54, 1.807) is 0 Å². The molecule has 0 radical (unpaired) electrons. The Kier molecular flexibility index (Phi) is 4.73. The van der Waals surface area contributed by atoms with Crippen molar-refractivity contribution < 1.29 is 24.2 Å². The van der Waals surface area contributed by atoms with Gasteiger partial charge >= 0.3 is 11.9 Å². The van der Waals surface area contributed by atoms with Gasteiger partial charge in [0.1, 0.15) is 12.7 Å². The number of aliphatic hydroxyl groups is 1. The van der Waals surface area contributed by atoms with Crippen LogP contribution in [0.5, 0.6) is 0 Å². The van der Waals surface area contributed by atoms with E-state index in [2.05, 4.69) is 32.9 Å². The number of aliphatic hydroxyl groups excluding tert-OH is 1. The third kappa shape index (κ3) is 2.98. The van der Waals surface area contributed by atoms with Crippen molar-refractivity contribution in [2.75, 3.05) is 6.61 Å². The Morgan fingerprint density at radius 3 is 2.41 bits per heavy atom. The molecule has 4 rings (SSSR count). The Morgan fingerprint density at radius 1 is 1.03 bits per heavy atom. The van der Waals surface area contributed by atoms with E-state index < -0.39 is 11.5 Å². The molecule has 162 valence electrons. The van der Waals surface area contributed by atoms with Crippen molar-refractivity contribution in [1.29, 1.82) is 0 Å².